The molecule has 8 nitrogen and oxygen atoms in total. The second kappa shape index (κ2) is 51.6. The number of allylic oxidation sites excluding steroid dienone is 2. The second-order valence-electron chi connectivity index (χ2n) is 21.4. The van der Waals surface area contributed by atoms with Crippen molar-refractivity contribution in [1.82, 2.24) is 0 Å². The number of esters is 1. The molecule has 0 fully saturated rings. The molecule has 0 bridgehead atoms. The van der Waals surface area contributed by atoms with E-state index in [2.05, 4.69) is 26.0 Å². The Hall–Kier alpha value is -0.760. The van der Waals surface area contributed by atoms with Gasteiger partial charge in [-0.15, -0.1) is 0 Å². The number of rotatable bonds is 56. The SMILES string of the molecule is CCCCCCCCCC/C=C\CCCCCCCCCCCCOCC(COP(=O)(O)OCC[N+](C)(C)C)OC(=O)CCCCCCCCCCCCCCCCCCCCCCCCC. The highest BCUT2D eigenvalue weighted by Gasteiger charge is 2.26. The lowest BCUT2D eigenvalue weighted by Gasteiger charge is -2.24. The number of carbonyl (C=O) groups excluding carboxylic acids is 1. The fourth-order valence-corrected chi connectivity index (χ4v) is 9.53. The zero-order valence-electron chi connectivity index (χ0n) is 45.7. The average molecular weight is 972 g/mol. The first-order valence-electron chi connectivity index (χ1n) is 29.4. The van der Waals surface area contributed by atoms with Gasteiger partial charge in [0.25, 0.3) is 0 Å². The zero-order chi connectivity index (χ0) is 49.0. The Morgan fingerprint density at radius 2 is 0.776 bits per heavy atom. The monoisotopic (exact) mass is 971 g/mol. The lowest BCUT2D eigenvalue weighted by Crippen LogP contribution is -2.37. The van der Waals surface area contributed by atoms with Crippen molar-refractivity contribution in [1.29, 1.82) is 0 Å². The van der Waals surface area contributed by atoms with Crippen LogP contribution in [-0.2, 0) is 27.9 Å². The smallest absolute Gasteiger partial charge is 0.457 e. The Morgan fingerprint density at radius 3 is 1.13 bits per heavy atom. The Labute approximate surface area is 418 Å². The number of carbonyl (C=O) groups is 1. The lowest BCUT2D eigenvalue weighted by atomic mass is 10.0. The first kappa shape index (κ1) is 66.2. The summed E-state index contributed by atoms with van der Waals surface area (Å²) in [5.74, 6) is -0.305. The fourth-order valence-electron chi connectivity index (χ4n) is 8.79. The number of likely N-dealkylation sites (N-methyl/N-ethyl adjacent to an activating group) is 1. The molecule has 0 rings (SSSR count). The van der Waals surface area contributed by atoms with Gasteiger partial charge in [0.2, 0.25) is 0 Å². The van der Waals surface area contributed by atoms with E-state index in [9.17, 15) is 14.3 Å². The van der Waals surface area contributed by atoms with E-state index in [1.54, 1.807) is 0 Å². The number of unbranched alkanes of at least 4 members (excludes halogenated alkanes) is 40. The summed E-state index contributed by atoms with van der Waals surface area (Å²) in [6.07, 6.45) is 61.3. The summed E-state index contributed by atoms with van der Waals surface area (Å²) in [4.78, 5) is 23.1. The summed E-state index contributed by atoms with van der Waals surface area (Å²) in [6, 6.07) is 0. The molecule has 0 saturated heterocycles. The van der Waals surface area contributed by atoms with Gasteiger partial charge in [-0.05, 0) is 38.5 Å². The highest BCUT2D eigenvalue weighted by molar-refractivity contribution is 7.47. The van der Waals surface area contributed by atoms with Crippen LogP contribution in [0, 0.1) is 0 Å². The van der Waals surface area contributed by atoms with Crippen molar-refractivity contribution < 1.29 is 37.3 Å². The molecule has 67 heavy (non-hydrogen) atoms. The summed E-state index contributed by atoms with van der Waals surface area (Å²) in [5, 5.41) is 0. The van der Waals surface area contributed by atoms with E-state index in [1.165, 1.54) is 244 Å². The van der Waals surface area contributed by atoms with Crippen LogP contribution >= 0.6 is 7.82 Å². The molecule has 0 aliphatic rings. The summed E-state index contributed by atoms with van der Waals surface area (Å²) in [5.41, 5.74) is 0. The largest absolute Gasteiger partial charge is 0.472 e. The third-order valence-electron chi connectivity index (χ3n) is 13.3. The van der Waals surface area contributed by atoms with Crippen LogP contribution in [0.4, 0.5) is 0 Å². The maximum absolute atomic E-state index is 12.8. The van der Waals surface area contributed by atoms with Gasteiger partial charge in [0.05, 0.1) is 34.4 Å². The zero-order valence-corrected chi connectivity index (χ0v) is 46.6. The van der Waals surface area contributed by atoms with Crippen molar-refractivity contribution >= 4 is 13.8 Å². The van der Waals surface area contributed by atoms with E-state index in [1.807, 2.05) is 21.1 Å². The van der Waals surface area contributed by atoms with Crippen LogP contribution in [-0.4, -0.2) is 75.6 Å². The molecule has 2 atom stereocenters. The summed E-state index contributed by atoms with van der Waals surface area (Å²) in [6.45, 7) is 5.70. The molecule has 0 saturated carbocycles. The average Bonchev–Trinajstić information content (AvgIpc) is 3.29. The van der Waals surface area contributed by atoms with Gasteiger partial charge in [-0.1, -0.05) is 264 Å². The van der Waals surface area contributed by atoms with Crippen LogP contribution in [0.2, 0.25) is 0 Å². The molecule has 2 unspecified atom stereocenters. The summed E-state index contributed by atoms with van der Waals surface area (Å²) in [7, 11) is 1.69. The predicted octanol–water partition coefficient (Wildman–Crippen LogP) is 18.5. The maximum atomic E-state index is 12.8. The van der Waals surface area contributed by atoms with E-state index in [-0.39, 0.29) is 25.8 Å². The molecule has 0 radical (unpaired) electrons. The van der Waals surface area contributed by atoms with Gasteiger partial charge in [-0.3, -0.25) is 13.8 Å². The van der Waals surface area contributed by atoms with Crippen molar-refractivity contribution in [3.8, 4) is 0 Å². The van der Waals surface area contributed by atoms with Crippen LogP contribution in [0.5, 0.6) is 0 Å². The normalized spacial score (nSPS) is 13.5. The predicted molar refractivity (Wildman–Crippen MR) is 289 cm³/mol. The summed E-state index contributed by atoms with van der Waals surface area (Å²) < 4.78 is 35.3. The Morgan fingerprint density at radius 1 is 0.448 bits per heavy atom. The van der Waals surface area contributed by atoms with Gasteiger partial charge in [0.1, 0.15) is 19.3 Å². The van der Waals surface area contributed by atoms with Gasteiger partial charge in [0.15, 0.2) is 0 Å². The number of phosphoric ester groups is 1. The van der Waals surface area contributed by atoms with Gasteiger partial charge >= 0.3 is 13.8 Å². The molecule has 0 aliphatic carbocycles. The first-order chi connectivity index (χ1) is 32.6. The van der Waals surface area contributed by atoms with Crippen LogP contribution in [0.3, 0.4) is 0 Å². The minimum Gasteiger partial charge on any atom is -0.457 e. The molecular formula is C58H117NO7P+. The minimum absolute atomic E-state index is 0.0924. The Bertz CT molecular complexity index is 1080. The van der Waals surface area contributed by atoms with E-state index in [0.29, 0.717) is 24.1 Å². The standard InChI is InChI=1S/C58H116NO7P/c1-6-8-10-12-14-16-18-20-22-24-26-28-30-31-33-35-37-39-41-43-45-47-49-51-58(60)66-57(56-65-67(61,62)64-54-52-59(3,4)5)55-63-53-50-48-46-44-42-40-38-36-34-32-29-27-25-23-21-19-17-15-13-11-9-7-2/h25,27,57H,6-24,26,28-56H2,1-5H3/p+1/b27-25-. The molecule has 0 aromatic heterocycles. The van der Waals surface area contributed by atoms with Gasteiger partial charge in [-0.2, -0.15) is 0 Å². The van der Waals surface area contributed by atoms with E-state index >= 15 is 0 Å². The van der Waals surface area contributed by atoms with Crippen molar-refractivity contribution in [3.05, 3.63) is 12.2 Å². The molecule has 9 heteroatoms. The topological polar surface area (TPSA) is 91.3 Å². The molecule has 400 valence electrons. The number of hydrogen-bond donors (Lipinski definition) is 1. The van der Waals surface area contributed by atoms with E-state index < -0.39 is 13.9 Å². The van der Waals surface area contributed by atoms with Crippen LogP contribution in [0.25, 0.3) is 0 Å². The first-order valence-corrected chi connectivity index (χ1v) is 30.9. The van der Waals surface area contributed by atoms with Gasteiger partial charge < -0.3 is 18.9 Å². The molecule has 0 heterocycles. The molecule has 0 amide bonds. The molecule has 0 spiro atoms. The van der Waals surface area contributed by atoms with Gasteiger partial charge in [-0.25, -0.2) is 4.57 Å². The van der Waals surface area contributed by atoms with Crippen molar-refractivity contribution in [3.63, 3.8) is 0 Å². The molecule has 0 aromatic carbocycles. The Balaban J connectivity index is 4.02. The third kappa shape index (κ3) is 56.0. The van der Waals surface area contributed by atoms with Crippen molar-refractivity contribution in [2.75, 3.05) is 54.1 Å². The Kier molecular flexibility index (Phi) is 51.0. The number of hydrogen-bond acceptors (Lipinski definition) is 6. The maximum Gasteiger partial charge on any atom is 0.472 e. The van der Waals surface area contributed by atoms with Crippen LogP contribution in [0.15, 0.2) is 12.2 Å². The third-order valence-corrected chi connectivity index (χ3v) is 14.3. The number of nitrogens with zero attached hydrogens (tertiary/aromatic N) is 1. The lowest BCUT2D eigenvalue weighted by molar-refractivity contribution is -0.870. The van der Waals surface area contributed by atoms with Gasteiger partial charge in [0, 0.05) is 13.0 Å². The van der Waals surface area contributed by atoms with Crippen molar-refractivity contribution in [2.45, 2.75) is 302 Å². The number of ether oxygens (including phenoxy) is 2. The number of quaternary nitrogens is 1. The number of phosphoric acid groups is 1. The highest BCUT2D eigenvalue weighted by Crippen LogP contribution is 2.43. The van der Waals surface area contributed by atoms with Crippen LogP contribution in [0.1, 0.15) is 296 Å². The fraction of sp³-hybridized carbons (Fsp3) is 0.948. The molecular weight excluding hydrogens is 854 g/mol. The second-order valence-corrected chi connectivity index (χ2v) is 22.8. The minimum atomic E-state index is -4.28. The van der Waals surface area contributed by atoms with E-state index in [4.69, 9.17) is 18.5 Å². The quantitative estimate of drug-likeness (QED) is 0.0213. The van der Waals surface area contributed by atoms with Crippen LogP contribution < -0.4 is 0 Å². The van der Waals surface area contributed by atoms with Crippen molar-refractivity contribution in [2.24, 2.45) is 0 Å². The molecule has 0 aromatic rings. The molecule has 1 N–H and O–H groups in total. The highest BCUT2D eigenvalue weighted by atomic mass is 31.2. The summed E-state index contributed by atoms with van der Waals surface area (Å²) >= 11 is 0. The molecule has 0 aliphatic heterocycles. The van der Waals surface area contributed by atoms with E-state index in [0.717, 1.165) is 32.1 Å².